The fourth-order valence-corrected chi connectivity index (χ4v) is 2.59. The van der Waals surface area contributed by atoms with Crippen molar-refractivity contribution < 1.29 is 13.6 Å². The van der Waals surface area contributed by atoms with Crippen molar-refractivity contribution in [1.82, 2.24) is 5.32 Å². The second kappa shape index (κ2) is 6.28. The molecule has 0 radical (unpaired) electrons. The zero-order valence-corrected chi connectivity index (χ0v) is 13.4. The van der Waals surface area contributed by atoms with Gasteiger partial charge < -0.3 is 9.73 Å². The van der Waals surface area contributed by atoms with Crippen LogP contribution in [-0.2, 0) is 6.54 Å². The summed E-state index contributed by atoms with van der Waals surface area (Å²) in [7, 11) is 0. The molecule has 2 aromatic carbocycles. The highest BCUT2D eigenvalue weighted by molar-refractivity contribution is 5.94. The Morgan fingerprint density at radius 2 is 1.92 bits per heavy atom. The predicted molar refractivity (Wildman–Crippen MR) is 89.5 cm³/mol. The number of fused-ring (bicyclic) bond motifs is 1. The highest BCUT2D eigenvalue weighted by Crippen LogP contribution is 2.23. The molecule has 1 amide bonds. The third-order valence-corrected chi connectivity index (χ3v) is 4.08. The van der Waals surface area contributed by atoms with Crippen LogP contribution in [0.25, 0.3) is 11.0 Å². The van der Waals surface area contributed by atoms with Crippen molar-refractivity contribution in [3.05, 3.63) is 81.0 Å². The van der Waals surface area contributed by atoms with Crippen molar-refractivity contribution in [2.45, 2.75) is 20.4 Å². The topological polar surface area (TPSA) is 59.3 Å². The molecule has 0 aliphatic heterocycles. The Morgan fingerprint density at radius 3 is 2.67 bits per heavy atom. The van der Waals surface area contributed by atoms with Crippen LogP contribution in [0.3, 0.4) is 0 Å². The van der Waals surface area contributed by atoms with Gasteiger partial charge in [0.1, 0.15) is 11.4 Å². The minimum atomic E-state index is -0.584. The molecule has 5 heteroatoms. The highest BCUT2D eigenvalue weighted by atomic mass is 19.1. The molecule has 1 aromatic heterocycles. The molecule has 122 valence electrons. The minimum Gasteiger partial charge on any atom is -0.422 e. The number of hydrogen-bond acceptors (Lipinski definition) is 3. The highest BCUT2D eigenvalue weighted by Gasteiger charge is 2.13. The van der Waals surface area contributed by atoms with E-state index in [4.69, 9.17) is 4.42 Å². The minimum absolute atomic E-state index is 0.0307. The number of carbonyl (C=O) groups is 1. The van der Waals surface area contributed by atoms with Crippen LogP contribution in [0.15, 0.2) is 51.7 Å². The Balaban J connectivity index is 1.94. The third-order valence-electron chi connectivity index (χ3n) is 4.08. The summed E-state index contributed by atoms with van der Waals surface area (Å²) in [6.07, 6.45) is 0. The summed E-state index contributed by atoms with van der Waals surface area (Å²) in [6.45, 7) is 3.92. The van der Waals surface area contributed by atoms with Gasteiger partial charge in [-0.05, 0) is 42.7 Å². The molecule has 0 aliphatic carbocycles. The second-order valence-corrected chi connectivity index (χ2v) is 5.64. The number of benzene rings is 2. The van der Waals surface area contributed by atoms with E-state index in [1.165, 1.54) is 24.3 Å². The first kappa shape index (κ1) is 15.9. The van der Waals surface area contributed by atoms with Crippen LogP contribution in [0, 0.1) is 19.7 Å². The lowest BCUT2D eigenvalue weighted by Gasteiger charge is -2.10. The first-order chi connectivity index (χ1) is 11.5. The van der Waals surface area contributed by atoms with E-state index in [9.17, 15) is 14.0 Å². The first-order valence-electron chi connectivity index (χ1n) is 7.53. The van der Waals surface area contributed by atoms with Gasteiger partial charge in [0, 0.05) is 18.0 Å². The van der Waals surface area contributed by atoms with E-state index >= 15 is 0 Å². The maximum absolute atomic E-state index is 13.7. The summed E-state index contributed by atoms with van der Waals surface area (Å²) in [5.74, 6) is -1.11. The van der Waals surface area contributed by atoms with Gasteiger partial charge >= 0.3 is 5.63 Å². The van der Waals surface area contributed by atoms with E-state index in [1.807, 2.05) is 26.0 Å². The Hall–Kier alpha value is -2.95. The molecule has 4 nitrogen and oxygen atoms in total. The van der Waals surface area contributed by atoms with Gasteiger partial charge in [-0.3, -0.25) is 4.79 Å². The quantitative estimate of drug-likeness (QED) is 0.750. The van der Waals surface area contributed by atoms with Crippen LogP contribution in [0.4, 0.5) is 4.39 Å². The van der Waals surface area contributed by atoms with Crippen molar-refractivity contribution >= 4 is 16.9 Å². The summed E-state index contributed by atoms with van der Waals surface area (Å²) >= 11 is 0. The van der Waals surface area contributed by atoms with Crippen molar-refractivity contribution in [2.24, 2.45) is 0 Å². The van der Waals surface area contributed by atoms with Crippen LogP contribution >= 0.6 is 0 Å². The largest absolute Gasteiger partial charge is 0.422 e. The number of nitrogens with one attached hydrogen (secondary N) is 1. The van der Waals surface area contributed by atoms with Crippen molar-refractivity contribution in [2.75, 3.05) is 0 Å². The molecular weight excluding hydrogens is 309 g/mol. The fourth-order valence-electron chi connectivity index (χ4n) is 2.59. The van der Waals surface area contributed by atoms with Gasteiger partial charge in [-0.1, -0.05) is 24.3 Å². The standard InChI is InChI=1S/C19H16FNO3/c1-11-7-8-14-13(9-17(22)24-18(14)12(11)2)10-21-19(23)15-5-3-4-6-16(15)20/h3-9H,10H2,1-2H3,(H,21,23). The molecule has 0 saturated carbocycles. The monoisotopic (exact) mass is 325 g/mol. The zero-order valence-electron chi connectivity index (χ0n) is 13.4. The molecule has 0 aliphatic rings. The van der Waals surface area contributed by atoms with Gasteiger partial charge in [0.15, 0.2) is 0 Å². The lowest BCUT2D eigenvalue weighted by atomic mass is 10.0. The van der Waals surface area contributed by atoms with Gasteiger partial charge in [0.25, 0.3) is 5.91 Å². The maximum Gasteiger partial charge on any atom is 0.336 e. The molecule has 0 unspecified atom stereocenters. The summed E-state index contributed by atoms with van der Waals surface area (Å²) in [4.78, 5) is 23.9. The lowest BCUT2D eigenvalue weighted by molar-refractivity contribution is 0.0947. The predicted octanol–water partition coefficient (Wildman–Crippen LogP) is 3.48. The van der Waals surface area contributed by atoms with Crippen LogP contribution in [0.2, 0.25) is 0 Å². The van der Waals surface area contributed by atoms with Gasteiger partial charge in [0.05, 0.1) is 5.56 Å². The van der Waals surface area contributed by atoms with Crippen molar-refractivity contribution in [3.8, 4) is 0 Å². The molecule has 3 aromatic rings. The number of carbonyl (C=O) groups excluding carboxylic acids is 1. The fraction of sp³-hybridized carbons (Fsp3) is 0.158. The SMILES string of the molecule is Cc1ccc2c(CNC(=O)c3ccccc3F)cc(=O)oc2c1C. The molecular formula is C19H16FNO3. The van der Waals surface area contributed by atoms with E-state index in [0.29, 0.717) is 11.1 Å². The first-order valence-corrected chi connectivity index (χ1v) is 7.53. The van der Waals surface area contributed by atoms with Crippen LogP contribution in [0.1, 0.15) is 27.0 Å². The number of hydrogen-bond donors (Lipinski definition) is 1. The normalized spacial score (nSPS) is 10.8. The van der Waals surface area contributed by atoms with Crippen molar-refractivity contribution in [3.63, 3.8) is 0 Å². The van der Waals surface area contributed by atoms with E-state index in [1.54, 1.807) is 6.07 Å². The summed E-state index contributed by atoms with van der Waals surface area (Å²) in [6, 6.07) is 10.9. The number of halogens is 1. The van der Waals surface area contributed by atoms with E-state index in [2.05, 4.69) is 5.32 Å². The summed E-state index contributed by atoms with van der Waals surface area (Å²) in [5, 5.41) is 3.41. The molecule has 1 N–H and O–H groups in total. The second-order valence-electron chi connectivity index (χ2n) is 5.64. The Kier molecular flexibility index (Phi) is 4.16. The summed E-state index contributed by atoms with van der Waals surface area (Å²) < 4.78 is 19.0. The Bertz CT molecular complexity index is 992. The van der Waals surface area contributed by atoms with Gasteiger partial charge in [0.2, 0.25) is 0 Å². The average molecular weight is 325 g/mol. The lowest BCUT2D eigenvalue weighted by Crippen LogP contribution is -2.24. The molecule has 0 fully saturated rings. The molecule has 0 bridgehead atoms. The third kappa shape index (κ3) is 2.93. The van der Waals surface area contributed by atoms with Crippen LogP contribution < -0.4 is 10.9 Å². The summed E-state index contributed by atoms with van der Waals surface area (Å²) in [5.41, 5.74) is 2.53. The molecule has 3 rings (SSSR count). The van der Waals surface area contributed by atoms with E-state index < -0.39 is 17.3 Å². The number of rotatable bonds is 3. The smallest absolute Gasteiger partial charge is 0.336 e. The van der Waals surface area contributed by atoms with Gasteiger partial charge in [-0.15, -0.1) is 0 Å². The molecule has 0 saturated heterocycles. The number of aryl methyl sites for hydroxylation is 2. The van der Waals surface area contributed by atoms with Crippen LogP contribution in [-0.4, -0.2) is 5.91 Å². The average Bonchev–Trinajstić information content (AvgIpc) is 2.56. The van der Waals surface area contributed by atoms with Gasteiger partial charge in [-0.25, -0.2) is 9.18 Å². The van der Waals surface area contributed by atoms with E-state index in [-0.39, 0.29) is 12.1 Å². The molecule has 24 heavy (non-hydrogen) atoms. The number of amides is 1. The molecule has 0 atom stereocenters. The van der Waals surface area contributed by atoms with Crippen molar-refractivity contribution in [1.29, 1.82) is 0 Å². The Morgan fingerprint density at radius 1 is 1.17 bits per heavy atom. The molecule has 0 spiro atoms. The zero-order chi connectivity index (χ0) is 17.3. The Labute approximate surface area is 137 Å². The van der Waals surface area contributed by atoms with Gasteiger partial charge in [-0.2, -0.15) is 0 Å². The molecule has 1 heterocycles. The maximum atomic E-state index is 13.7. The van der Waals surface area contributed by atoms with Crippen LogP contribution in [0.5, 0.6) is 0 Å². The van der Waals surface area contributed by atoms with E-state index in [0.717, 1.165) is 16.5 Å².